The van der Waals surface area contributed by atoms with Gasteiger partial charge in [0.1, 0.15) is 18.1 Å². The summed E-state index contributed by atoms with van der Waals surface area (Å²) in [5.41, 5.74) is 0.553. The molecule has 0 aliphatic rings. The number of phenols is 1. The lowest BCUT2D eigenvalue weighted by atomic mass is 10.3. The SMILES string of the molecule is COC(=O)c1cc(COc2ccc([N+](=O)[O-])cc2)co1.O=[N+]([O-])c1cccc(O)c1. The van der Waals surface area contributed by atoms with Crippen LogP contribution in [-0.4, -0.2) is 28.0 Å². The highest BCUT2D eigenvalue weighted by Gasteiger charge is 2.11. The predicted molar refractivity (Wildman–Crippen MR) is 102 cm³/mol. The second-order valence-electron chi connectivity index (χ2n) is 5.63. The van der Waals surface area contributed by atoms with E-state index in [1.54, 1.807) is 0 Å². The summed E-state index contributed by atoms with van der Waals surface area (Å²) in [6.07, 6.45) is 1.39. The molecular weight excluding hydrogens is 400 g/mol. The summed E-state index contributed by atoms with van der Waals surface area (Å²) >= 11 is 0. The summed E-state index contributed by atoms with van der Waals surface area (Å²) in [4.78, 5) is 30.7. The van der Waals surface area contributed by atoms with Crippen molar-refractivity contribution in [2.24, 2.45) is 0 Å². The highest BCUT2D eigenvalue weighted by molar-refractivity contribution is 5.86. The van der Waals surface area contributed by atoms with E-state index in [2.05, 4.69) is 4.74 Å². The second kappa shape index (κ2) is 10.2. The number of carbonyl (C=O) groups excluding carboxylic acids is 1. The number of carbonyl (C=O) groups is 1. The number of hydrogen-bond donors (Lipinski definition) is 1. The zero-order valence-corrected chi connectivity index (χ0v) is 15.6. The van der Waals surface area contributed by atoms with Crippen molar-refractivity contribution in [3.63, 3.8) is 0 Å². The fraction of sp³-hybridized carbons (Fsp3) is 0.105. The van der Waals surface area contributed by atoms with Crippen molar-refractivity contribution in [1.29, 1.82) is 0 Å². The van der Waals surface area contributed by atoms with Gasteiger partial charge in [-0.1, -0.05) is 6.07 Å². The van der Waals surface area contributed by atoms with Gasteiger partial charge in [0, 0.05) is 23.8 Å². The Morgan fingerprint density at radius 2 is 1.70 bits per heavy atom. The van der Waals surface area contributed by atoms with E-state index in [9.17, 15) is 25.0 Å². The van der Waals surface area contributed by atoms with Crippen LogP contribution in [-0.2, 0) is 11.3 Å². The van der Waals surface area contributed by atoms with Crippen molar-refractivity contribution in [1.82, 2.24) is 0 Å². The molecule has 0 bridgehead atoms. The summed E-state index contributed by atoms with van der Waals surface area (Å²) in [5, 5.41) is 29.3. The standard InChI is InChI=1S/C13H11NO6.C6H5NO3/c1-18-13(15)12-6-9(8-20-12)7-19-11-4-2-10(3-5-11)14(16)17;8-6-3-1-2-5(4-6)7(9)10/h2-6,8H,7H2,1H3;1-4,8H. The molecule has 2 aromatic carbocycles. The van der Waals surface area contributed by atoms with Crippen LogP contribution in [0.25, 0.3) is 0 Å². The highest BCUT2D eigenvalue weighted by atomic mass is 16.6. The third kappa shape index (κ3) is 6.34. The molecule has 156 valence electrons. The van der Waals surface area contributed by atoms with Gasteiger partial charge in [0.25, 0.3) is 11.4 Å². The number of furan rings is 1. The molecule has 3 rings (SSSR count). The smallest absolute Gasteiger partial charge is 0.373 e. The van der Waals surface area contributed by atoms with Crippen LogP contribution in [0.4, 0.5) is 11.4 Å². The zero-order valence-electron chi connectivity index (χ0n) is 15.6. The van der Waals surface area contributed by atoms with E-state index in [0.29, 0.717) is 11.3 Å². The molecule has 0 aliphatic carbocycles. The average Bonchev–Trinajstić information content (AvgIpc) is 3.21. The van der Waals surface area contributed by atoms with Crippen molar-refractivity contribution in [3.8, 4) is 11.5 Å². The number of non-ortho nitro benzene ring substituents is 2. The monoisotopic (exact) mass is 416 g/mol. The normalized spacial score (nSPS) is 9.77. The zero-order chi connectivity index (χ0) is 22.1. The van der Waals surface area contributed by atoms with Crippen LogP contribution in [0.1, 0.15) is 16.1 Å². The molecule has 30 heavy (non-hydrogen) atoms. The molecule has 1 heterocycles. The Labute approximate surface area is 169 Å². The molecular formula is C19H16N2O9. The third-order valence-electron chi connectivity index (χ3n) is 3.53. The van der Waals surface area contributed by atoms with E-state index < -0.39 is 15.8 Å². The Bertz CT molecular complexity index is 1030. The van der Waals surface area contributed by atoms with E-state index in [-0.39, 0.29) is 29.5 Å². The first-order valence-electron chi connectivity index (χ1n) is 8.26. The van der Waals surface area contributed by atoms with Crippen LogP contribution in [0.5, 0.6) is 11.5 Å². The third-order valence-corrected chi connectivity index (χ3v) is 3.53. The maximum atomic E-state index is 11.2. The first kappa shape index (κ1) is 21.9. The molecule has 11 heteroatoms. The molecule has 0 aliphatic heterocycles. The lowest BCUT2D eigenvalue weighted by molar-refractivity contribution is -0.385. The van der Waals surface area contributed by atoms with Crippen LogP contribution < -0.4 is 4.74 Å². The van der Waals surface area contributed by atoms with Gasteiger partial charge in [-0.2, -0.15) is 0 Å². The molecule has 1 aromatic heterocycles. The Balaban J connectivity index is 0.000000269. The summed E-state index contributed by atoms with van der Waals surface area (Å²) in [6, 6.07) is 12.4. The fourth-order valence-corrected chi connectivity index (χ4v) is 2.10. The Morgan fingerprint density at radius 1 is 1.03 bits per heavy atom. The van der Waals surface area contributed by atoms with Crippen LogP contribution in [0.2, 0.25) is 0 Å². The van der Waals surface area contributed by atoms with Crippen LogP contribution in [0.15, 0.2) is 65.3 Å². The first-order valence-corrected chi connectivity index (χ1v) is 8.26. The quantitative estimate of drug-likeness (QED) is 0.358. The molecule has 0 atom stereocenters. The number of rotatable bonds is 6. The molecule has 11 nitrogen and oxygen atoms in total. The molecule has 0 radical (unpaired) electrons. The number of aromatic hydroxyl groups is 1. The molecule has 0 saturated heterocycles. The van der Waals surface area contributed by atoms with Gasteiger partial charge < -0.3 is 19.0 Å². The predicted octanol–water partition coefficient (Wildman–Crippen LogP) is 3.85. The number of hydrogen-bond acceptors (Lipinski definition) is 9. The Kier molecular flexibility index (Phi) is 7.46. The van der Waals surface area contributed by atoms with Crippen molar-refractivity contribution >= 4 is 17.3 Å². The van der Waals surface area contributed by atoms with Gasteiger partial charge in [0.15, 0.2) is 0 Å². The van der Waals surface area contributed by atoms with Crippen molar-refractivity contribution < 1.29 is 33.6 Å². The number of nitro groups is 2. The van der Waals surface area contributed by atoms with E-state index >= 15 is 0 Å². The highest BCUT2D eigenvalue weighted by Crippen LogP contribution is 2.19. The molecule has 0 fully saturated rings. The summed E-state index contributed by atoms with van der Waals surface area (Å²) in [5.74, 6) is -0.0768. The Hall–Kier alpha value is -4.41. The number of methoxy groups -OCH3 is 1. The van der Waals surface area contributed by atoms with E-state index in [1.165, 1.54) is 61.9 Å². The van der Waals surface area contributed by atoms with E-state index in [1.807, 2.05) is 0 Å². The number of phenolic OH excluding ortho intramolecular Hbond substituents is 1. The fourth-order valence-electron chi connectivity index (χ4n) is 2.10. The van der Waals surface area contributed by atoms with E-state index in [0.717, 1.165) is 6.07 Å². The number of esters is 1. The van der Waals surface area contributed by atoms with Crippen LogP contribution >= 0.6 is 0 Å². The van der Waals surface area contributed by atoms with Crippen molar-refractivity contribution in [2.75, 3.05) is 7.11 Å². The summed E-state index contributed by atoms with van der Waals surface area (Å²) < 4.78 is 14.9. The largest absolute Gasteiger partial charge is 0.508 e. The van der Waals surface area contributed by atoms with Crippen LogP contribution in [0.3, 0.4) is 0 Å². The first-order chi connectivity index (χ1) is 14.3. The van der Waals surface area contributed by atoms with Gasteiger partial charge in [0.05, 0.1) is 29.3 Å². The number of nitrogens with zero attached hydrogens (tertiary/aromatic N) is 2. The molecule has 0 saturated carbocycles. The number of nitro benzene ring substituents is 2. The second-order valence-corrected chi connectivity index (χ2v) is 5.63. The number of ether oxygens (including phenoxy) is 2. The maximum Gasteiger partial charge on any atom is 0.373 e. The molecule has 0 unspecified atom stereocenters. The van der Waals surface area contributed by atoms with Gasteiger partial charge in [-0.15, -0.1) is 0 Å². The minimum Gasteiger partial charge on any atom is -0.508 e. The summed E-state index contributed by atoms with van der Waals surface area (Å²) in [7, 11) is 1.26. The maximum absolute atomic E-state index is 11.2. The van der Waals surface area contributed by atoms with Crippen molar-refractivity contribution in [3.05, 3.63) is 92.4 Å². The van der Waals surface area contributed by atoms with Gasteiger partial charge >= 0.3 is 5.97 Å². The molecule has 1 N–H and O–H groups in total. The van der Waals surface area contributed by atoms with Gasteiger partial charge in [-0.3, -0.25) is 20.2 Å². The molecule has 0 spiro atoms. The van der Waals surface area contributed by atoms with Gasteiger partial charge in [-0.05, 0) is 24.3 Å². The lowest BCUT2D eigenvalue weighted by Gasteiger charge is -2.03. The molecule has 0 amide bonds. The minimum atomic E-state index is -0.563. The summed E-state index contributed by atoms with van der Waals surface area (Å²) in [6.45, 7) is 0.179. The van der Waals surface area contributed by atoms with Gasteiger partial charge in [-0.25, -0.2) is 4.79 Å². The lowest BCUT2D eigenvalue weighted by Crippen LogP contribution is -1.99. The van der Waals surface area contributed by atoms with Crippen LogP contribution in [0, 0.1) is 20.2 Å². The molecule has 3 aromatic rings. The minimum absolute atomic E-state index is 0.00589. The Morgan fingerprint density at radius 3 is 2.23 bits per heavy atom. The van der Waals surface area contributed by atoms with E-state index in [4.69, 9.17) is 14.3 Å². The van der Waals surface area contributed by atoms with Gasteiger partial charge in [0.2, 0.25) is 5.76 Å². The topological polar surface area (TPSA) is 155 Å². The average molecular weight is 416 g/mol. The number of benzene rings is 2. The van der Waals surface area contributed by atoms with Crippen molar-refractivity contribution in [2.45, 2.75) is 6.61 Å².